The molecule has 0 radical (unpaired) electrons. The van der Waals surface area contributed by atoms with Gasteiger partial charge in [0, 0.05) is 6.20 Å². The van der Waals surface area contributed by atoms with Gasteiger partial charge >= 0.3 is 5.97 Å². The van der Waals surface area contributed by atoms with Crippen LogP contribution < -0.4 is 4.74 Å². The zero-order valence-electron chi connectivity index (χ0n) is 7.09. The van der Waals surface area contributed by atoms with Crippen molar-refractivity contribution in [1.82, 2.24) is 4.98 Å². The van der Waals surface area contributed by atoms with Gasteiger partial charge in [-0.05, 0) is 6.07 Å². The molecular weight excluding hydrogens is 158 g/mol. The molecule has 0 saturated heterocycles. The summed E-state index contributed by atoms with van der Waals surface area (Å²) < 4.78 is 9.50. The van der Waals surface area contributed by atoms with E-state index in [1.165, 1.54) is 7.11 Å². The van der Waals surface area contributed by atoms with Crippen LogP contribution in [0, 0.1) is 0 Å². The number of H-pyrrole nitrogens is 1. The third-order valence-electron chi connectivity index (χ3n) is 1.56. The maximum absolute atomic E-state index is 10.8. The molecule has 1 heterocycles. The monoisotopic (exact) mass is 169 g/mol. The van der Waals surface area contributed by atoms with Crippen LogP contribution in [0.25, 0.3) is 0 Å². The fraction of sp³-hybridized carbons (Fsp3) is 0.375. The number of aromatic nitrogens is 1. The minimum absolute atomic E-state index is 0.215. The quantitative estimate of drug-likeness (QED) is 0.679. The van der Waals surface area contributed by atoms with Gasteiger partial charge in [0.25, 0.3) is 0 Å². The van der Waals surface area contributed by atoms with Crippen LogP contribution in [-0.4, -0.2) is 25.2 Å². The lowest BCUT2D eigenvalue weighted by Crippen LogP contribution is -2.05. The molecule has 0 aromatic carbocycles. The van der Waals surface area contributed by atoms with Crippen molar-refractivity contribution in [2.24, 2.45) is 0 Å². The van der Waals surface area contributed by atoms with E-state index in [1.807, 2.05) is 0 Å². The molecule has 1 aromatic rings. The first kappa shape index (κ1) is 8.64. The van der Waals surface area contributed by atoms with E-state index in [0.717, 1.165) is 5.69 Å². The smallest absolute Gasteiger partial charge is 0.311 e. The molecule has 12 heavy (non-hydrogen) atoms. The number of hydrogen-bond acceptors (Lipinski definition) is 3. The van der Waals surface area contributed by atoms with Crippen molar-refractivity contribution in [2.45, 2.75) is 6.42 Å². The van der Waals surface area contributed by atoms with E-state index in [0.29, 0.717) is 5.75 Å². The molecular formula is C8H11NO3. The van der Waals surface area contributed by atoms with E-state index in [1.54, 1.807) is 19.4 Å². The highest BCUT2D eigenvalue weighted by molar-refractivity contribution is 5.72. The molecule has 0 amide bonds. The van der Waals surface area contributed by atoms with Gasteiger partial charge in [-0.2, -0.15) is 0 Å². The molecule has 0 unspecified atom stereocenters. The largest absolute Gasteiger partial charge is 0.495 e. The Morgan fingerprint density at radius 3 is 2.92 bits per heavy atom. The molecule has 4 nitrogen and oxygen atoms in total. The molecule has 1 N–H and O–H groups in total. The number of methoxy groups -OCH3 is 2. The second-order valence-electron chi connectivity index (χ2n) is 2.28. The molecule has 0 aliphatic heterocycles. The highest BCUT2D eigenvalue weighted by atomic mass is 16.5. The zero-order valence-corrected chi connectivity index (χ0v) is 7.09. The van der Waals surface area contributed by atoms with Crippen LogP contribution in [0.1, 0.15) is 5.69 Å². The lowest BCUT2D eigenvalue weighted by atomic mass is 10.3. The molecule has 1 aromatic heterocycles. The van der Waals surface area contributed by atoms with Gasteiger partial charge in [-0.25, -0.2) is 0 Å². The maximum Gasteiger partial charge on any atom is 0.311 e. The molecule has 66 valence electrons. The fourth-order valence-corrected chi connectivity index (χ4v) is 0.936. The molecule has 0 spiro atoms. The summed E-state index contributed by atoms with van der Waals surface area (Å²) in [7, 11) is 2.92. The Hall–Kier alpha value is -1.45. The van der Waals surface area contributed by atoms with Crippen molar-refractivity contribution in [3.05, 3.63) is 18.0 Å². The van der Waals surface area contributed by atoms with Gasteiger partial charge in [-0.15, -0.1) is 0 Å². The highest BCUT2D eigenvalue weighted by Crippen LogP contribution is 2.16. The summed E-state index contributed by atoms with van der Waals surface area (Å²) in [6.45, 7) is 0. The number of carbonyl (C=O) groups is 1. The number of carbonyl (C=O) groups excluding carboxylic acids is 1. The third-order valence-corrected chi connectivity index (χ3v) is 1.56. The summed E-state index contributed by atoms with van der Waals surface area (Å²) in [5.41, 5.74) is 0.740. The lowest BCUT2D eigenvalue weighted by Gasteiger charge is -2.00. The second kappa shape index (κ2) is 3.80. The Morgan fingerprint density at radius 1 is 1.58 bits per heavy atom. The van der Waals surface area contributed by atoms with Gasteiger partial charge in [0.1, 0.15) is 5.75 Å². The molecule has 0 atom stereocenters. The Morgan fingerprint density at radius 2 is 2.33 bits per heavy atom. The number of ether oxygens (including phenoxy) is 2. The van der Waals surface area contributed by atoms with E-state index in [-0.39, 0.29) is 12.4 Å². The molecule has 0 fully saturated rings. The molecule has 0 aliphatic rings. The zero-order chi connectivity index (χ0) is 8.97. The Bertz CT molecular complexity index is 267. The first-order valence-corrected chi connectivity index (χ1v) is 3.55. The minimum atomic E-state index is -0.282. The normalized spacial score (nSPS) is 9.50. The standard InChI is InChI=1S/C8H11NO3/c1-11-7-3-4-9-6(7)5-8(10)12-2/h3-4,9H,5H2,1-2H3. The number of esters is 1. The third kappa shape index (κ3) is 1.78. The van der Waals surface area contributed by atoms with E-state index in [2.05, 4.69) is 9.72 Å². The van der Waals surface area contributed by atoms with Crippen LogP contribution in [0.5, 0.6) is 5.75 Å². The number of rotatable bonds is 3. The van der Waals surface area contributed by atoms with Crippen LogP contribution in [0.4, 0.5) is 0 Å². The van der Waals surface area contributed by atoms with Crippen molar-refractivity contribution >= 4 is 5.97 Å². The van der Waals surface area contributed by atoms with Crippen LogP contribution in [0.3, 0.4) is 0 Å². The fourth-order valence-electron chi connectivity index (χ4n) is 0.936. The molecule has 0 aliphatic carbocycles. The predicted octanol–water partition coefficient (Wildman–Crippen LogP) is 0.739. The average molecular weight is 169 g/mol. The predicted molar refractivity (Wildman–Crippen MR) is 43.1 cm³/mol. The van der Waals surface area contributed by atoms with Gasteiger partial charge in [0.2, 0.25) is 0 Å². The summed E-state index contributed by atoms with van der Waals surface area (Å²) in [4.78, 5) is 13.7. The van der Waals surface area contributed by atoms with Crippen LogP contribution in [0.15, 0.2) is 12.3 Å². The van der Waals surface area contributed by atoms with E-state index < -0.39 is 0 Å². The van der Waals surface area contributed by atoms with E-state index >= 15 is 0 Å². The summed E-state index contributed by atoms with van der Waals surface area (Å²) >= 11 is 0. The minimum Gasteiger partial charge on any atom is -0.495 e. The molecule has 0 bridgehead atoms. The van der Waals surface area contributed by atoms with Gasteiger partial charge in [-0.3, -0.25) is 4.79 Å². The van der Waals surface area contributed by atoms with Crippen LogP contribution >= 0.6 is 0 Å². The lowest BCUT2D eigenvalue weighted by molar-refractivity contribution is -0.139. The van der Waals surface area contributed by atoms with Gasteiger partial charge in [-0.1, -0.05) is 0 Å². The number of nitrogens with one attached hydrogen (secondary N) is 1. The van der Waals surface area contributed by atoms with Crippen LogP contribution in [-0.2, 0) is 16.0 Å². The summed E-state index contributed by atoms with van der Waals surface area (Å²) in [5.74, 6) is 0.399. The van der Waals surface area contributed by atoms with Crippen molar-refractivity contribution in [3.8, 4) is 5.75 Å². The Kier molecular flexibility index (Phi) is 2.74. The summed E-state index contributed by atoms with van der Waals surface area (Å²) in [6.07, 6.45) is 1.93. The average Bonchev–Trinajstić information content (AvgIpc) is 2.51. The maximum atomic E-state index is 10.8. The van der Waals surface area contributed by atoms with Crippen molar-refractivity contribution in [1.29, 1.82) is 0 Å². The first-order valence-electron chi connectivity index (χ1n) is 3.55. The highest BCUT2D eigenvalue weighted by Gasteiger charge is 2.08. The molecule has 0 saturated carbocycles. The summed E-state index contributed by atoms with van der Waals surface area (Å²) in [5, 5.41) is 0. The summed E-state index contributed by atoms with van der Waals surface area (Å²) in [6, 6.07) is 1.76. The first-order chi connectivity index (χ1) is 5.77. The molecule has 1 rings (SSSR count). The SMILES string of the molecule is COC(=O)Cc1[nH]ccc1OC. The molecule has 4 heteroatoms. The number of aromatic amines is 1. The van der Waals surface area contributed by atoms with Gasteiger partial charge in [0.15, 0.2) is 0 Å². The van der Waals surface area contributed by atoms with Gasteiger partial charge in [0.05, 0.1) is 26.3 Å². The Balaban J connectivity index is 2.68. The topological polar surface area (TPSA) is 51.3 Å². The van der Waals surface area contributed by atoms with Crippen molar-refractivity contribution in [3.63, 3.8) is 0 Å². The van der Waals surface area contributed by atoms with E-state index in [4.69, 9.17) is 4.74 Å². The second-order valence-corrected chi connectivity index (χ2v) is 2.28. The number of hydrogen-bond donors (Lipinski definition) is 1. The van der Waals surface area contributed by atoms with Gasteiger partial charge < -0.3 is 14.5 Å². The van der Waals surface area contributed by atoms with Crippen molar-refractivity contribution in [2.75, 3.05) is 14.2 Å². The van der Waals surface area contributed by atoms with Crippen LogP contribution in [0.2, 0.25) is 0 Å². The van der Waals surface area contributed by atoms with Crippen molar-refractivity contribution < 1.29 is 14.3 Å². The Labute approximate surface area is 70.5 Å². The van der Waals surface area contributed by atoms with E-state index in [9.17, 15) is 4.79 Å².